The van der Waals surface area contributed by atoms with Gasteiger partial charge in [-0.05, 0) is 19.1 Å². The van der Waals surface area contributed by atoms with Crippen molar-refractivity contribution in [3.63, 3.8) is 0 Å². The van der Waals surface area contributed by atoms with E-state index in [0.717, 1.165) is 28.1 Å². The van der Waals surface area contributed by atoms with E-state index in [1.54, 1.807) is 10.3 Å². The molecule has 25 heavy (non-hydrogen) atoms. The molecule has 0 spiro atoms. The Morgan fingerprint density at radius 3 is 3.00 bits per heavy atom. The molecule has 1 aliphatic heterocycles. The molecule has 4 rings (SSSR count). The van der Waals surface area contributed by atoms with Crippen molar-refractivity contribution in [2.45, 2.75) is 13.5 Å². The number of hydrogen-bond donors (Lipinski definition) is 1. The van der Waals surface area contributed by atoms with E-state index < -0.39 is 0 Å². The second kappa shape index (κ2) is 6.33. The van der Waals surface area contributed by atoms with Crippen molar-refractivity contribution in [3.05, 3.63) is 41.4 Å². The van der Waals surface area contributed by atoms with Crippen LogP contribution in [0.5, 0.6) is 0 Å². The first-order chi connectivity index (χ1) is 12.2. The van der Waals surface area contributed by atoms with Crippen LogP contribution in [0.1, 0.15) is 17.4 Å². The topological polar surface area (TPSA) is 67.2 Å². The van der Waals surface area contributed by atoms with Crippen molar-refractivity contribution in [2.75, 3.05) is 19.6 Å². The number of hydrogen-bond acceptors (Lipinski definition) is 4. The van der Waals surface area contributed by atoms with E-state index in [1.807, 2.05) is 12.1 Å². The van der Waals surface area contributed by atoms with E-state index >= 15 is 0 Å². The van der Waals surface area contributed by atoms with Gasteiger partial charge in [0.25, 0.3) is 5.91 Å². The summed E-state index contributed by atoms with van der Waals surface area (Å²) in [5.74, 6) is -0.308. The third-order valence-electron chi connectivity index (χ3n) is 4.39. The number of carbonyl (C=O) groups excluding carboxylic acids is 2. The van der Waals surface area contributed by atoms with Crippen LogP contribution in [-0.2, 0) is 11.3 Å². The molecule has 1 saturated heterocycles. The van der Waals surface area contributed by atoms with E-state index in [0.29, 0.717) is 18.8 Å². The van der Waals surface area contributed by atoms with Gasteiger partial charge in [-0.3, -0.25) is 9.59 Å². The summed E-state index contributed by atoms with van der Waals surface area (Å²) in [5.41, 5.74) is 2.59. The highest BCUT2D eigenvalue weighted by Gasteiger charge is 2.24. The standard InChI is InChI=1S/C18H18N4O2S/c1-2-22-14-6-4-3-5-12(14)9-15(22)17-20-13(11-25-17)18(24)21-8-7-19-16(23)10-21/h3-6,9,11H,2,7-8,10H2,1H3,(H,19,23). The number of nitrogens with zero attached hydrogens (tertiary/aromatic N) is 3. The minimum Gasteiger partial charge on any atom is -0.353 e. The lowest BCUT2D eigenvalue weighted by Crippen LogP contribution is -2.50. The maximum absolute atomic E-state index is 12.6. The Hall–Kier alpha value is -2.67. The van der Waals surface area contributed by atoms with E-state index in [4.69, 9.17) is 0 Å². The summed E-state index contributed by atoms with van der Waals surface area (Å²) in [6.45, 7) is 4.04. The zero-order chi connectivity index (χ0) is 17.4. The lowest BCUT2D eigenvalue weighted by atomic mass is 10.2. The minimum absolute atomic E-state index is 0.0981. The molecular formula is C18H18N4O2S. The van der Waals surface area contributed by atoms with Crippen LogP contribution in [0, 0.1) is 0 Å². The summed E-state index contributed by atoms with van der Waals surface area (Å²) in [4.78, 5) is 30.2. The predicted octanol–water partition coefficient (Wildman–Crippen LogP) is 2.36. The van der Waals surface area contributed by atoms with Crippen molar-refractivity contribution < 1.29 is 9.59 Å². The summed E-state index contributed by atoms with van der Waals surface area (Å²) in [5, 5.41) is 6.49. The molecule has 2 amide bonds. The second-order valence-corrected chi connectivity index (χ2v) is 6.81. The minimum atomic E-state index is -0.184. The summed E-state index contributed by atoms with van der Waals surface area (Å²) < 4.78 is 2.21. The van der Waals surface area contributed by atoms with Crippen LogP contribution in [0.25, 0.3) is 21.6 Å². The fraction of sp³-hybridized carbons (Fsp3) is 0.278. The average molecular weight is 354 g/mol. The van der Waals surface area contributed by atoms with Gasteiger partial charge in [0.15, 0.2) is 0 Å². The third kappa shape index (κ3) is 2.80. The molecule has 1 fully saturated rings. The monoisotopic (exact) mass is 354 g/mol. The summed E-state index contributed by atoms with van der Waals surface area (Å²) >= 11 is 1.46. The Labute approximate surface area is 149 Å². The maximum atomic E-state index is 12.6. The summed E-state index contributed by atoms with van der Waals surface area (Å²) in [6, 6.07) is 10.3. The zero-order valence-electron chi connectivity index (χ0n) is 13.9. The lowest BCUT2D eigenvalue weighted by molar-refractivity contribution is -0.123. The number of aromatic nitrogens is 2. The molecular weight excluding hydrogens is 336 g/mol. The number of aryl methyl sites for hydroxylation is 1. The normalized spacial score (nSPS) is 14.8. The molecule has 0 saturated carbocycles. The van der Waals surface area contributed by atoms with Crippen molar-refractivity contribution in [2.24, 2.45) is 0 Å². The highest BCUT2D eigenvalue weighted by atomic mass is 32.1. The Morgan fingerprint density at radius 1 is 1.36 bits per heavy atom. The molecule has 1 aromatic carbocycles. The van der Waals surface area contributed by atoms with Crippen LogP contribution in [0.2, 0.25) is 0 Å². The number of fused-ring (bicyclic) bond motifs is 1. The van der Waals surface area contributed by atoms with Gasteiger partial charge in [-0.15, -0.1) is 11.3 Å². The molecule has 0 bridgehead atoms. The van der Waals surface area contributed by atoms with Gasteiger partial charge in [-0.25, -0.2) is 4.98 Å². The number of carbonyl (C=O) groups is 2. The Bertz CT molecular complexity index is 959. The molecule has 0 unspecified atom stereocenters. The molecule has 6 nitrogen and oxygen atoms in total. The highest BCUT2D eigenvalue weighted by molar-refractivity contribution is 7.13. The van der Waals surface area contributed by atoms with E-state index in [2.05, 4.69) is 40.0 Å². The third-order valence-corrected chi connectivity index (χ3v) is 5.26. The van der Waals surface area contributed by atoms with Crippen molar-refractivity contribution >= 4 is 34.1 Å². The molecule has 1 aliphatic rings. The number of amides is 2. The first kappa shape index (κ1) is 15.8. The van der Waals surface area contributed by atoms with Gasteiger partial charge in [0.05, 0.1) is 12.2 Å². The van der Waals surface area contributed by atoms with Crippen molar-refractivity contribution in [1.29, 1.82) is 0 Å². The van der Waals surface area contributed by atoms with E-state index in [-0.39, 0.29) is 18.4 Å². The molecule has 2 aromatic heterocycles. The smallest absolute Gasteiger partial charge is 0.273 e. The number of para-hydroxylation sites is 1. The number of benzene rings is 1. The lowest BCUT2D eigenvalue weighted by Gasteiger charge is -2.25. The first-order valence-electron chi connectivity index (χ1n) is 8.27. The van der Waals surface area contributed by atoms with Crippen molar-refractivity contribution in [3.8, 4) is 10.7 Å². The van der Waals surface area contributed by atoms with Gasteiger partial charge in [-0.2, -0.15) is 0 Å². The largest absolute Gasteiger partial charge is 0.353 e. The molecule has 0 aliphatic carbocycles. The van der Waals surface area contributed by atoms with Crippen LogP contribution in [0.4, 0.5) is 0 Å². The number of piperazine rings is 1. The summed E-state index contributed by atoms with van der Waals surface area (Å²) in [7, 11) is 0. The van der Waals surface area contributed by atoms with Gasteiger partial charge >= 0.3 is 0 Å². The van der Waals surface area contributed by atoms with Crippen LogP contribution in [0.15, 0.2) is 35.7 Å². The van der Waals surface area contributed by atoms with Crippen molar-refractivity contribution in [1.82, 2.24) is 19.8 Å². The van der Waals surface area contributed by atoms with Gasteiger partial charge in [0, 0.05) is 35.9 Å². The SMILES string of the molecule is CCn1c(-c2nc(C(=O)N3CCNC(=O)C3)cs2)cc2ccccc21. The molecule has 3 aromatic rings. The second-order valence-electron chi connectivity index (χ2n) is 5.95. The number of thiazole rings is 1. The highest BCUT2D eigenvalue weighted by Crippen LogP contribution is 2.30. The Morgan fingerprint density at radius 2 is 2.20 bits per heavy atom. The molecule has 3 heterocycles. The fourth-order valence-corrected chi connectivity index (χ4v) is 4.01. The quantitative estimate of drug-likeness (QED) is 0.785. The van der Waals surface area contributed by atoms with E-state index in [9.17, 15) is 9.59 Å². The van der Waals surface area contributed by atoms with Crippen LogP contribution < -0.4 is 5.32 Å². The zero-order valence-corrected chi connectivity index (χ0v) is 14.7. The van der Waals surface area contributed by atoms with Gasteiger partial charge in [-0.1, -0.05) is 18.2 Å². The van der Waals surface area contributed by atoms with Crippen LogP contribution in [-0.4, -0.2) is 45.9 Å². The maximum Gasteiger partial charge on any atom is 0.273 e. The fourth-order valence-electron chi connectivity index (χ4n) is 3.19. The molecule has 7 heteroatoms. The van der Waals surface area contributed by atoms with Crippen LogP contribution >= 0.6 is 11.3 Å². The molecule has 0 atom stereocenters. The molecule has 0 radical (unpaired) electrons. The van der Waals surface area contributed by atoms with Gasteiger partial charge in [0.2, 0.25) is 5.91 Å². The van der Waals surface area contributed by atoms with Crippen LogP contribution in [0.3, 0.4) is 0 Å². The van der Waals surface area contributed by atoms with Gasteiger partial charge < -0.3 is 14.8 Å². The number of nitrogens with one attached hydrogen (secondary N) is 1. The van der Waals surface area contributed by atoms with Gasteiger partial charge in [0.1, 0.15) is 10.7 Å². The molecule has 1 N–H and O–H groups in total. The Kier molecular flexibility index (Phi) is 4.01. The Balaban J connectivity index is 1.67. The average Bonchev–Trinajstić information content (AvgIpc) is 3.25. The summed E-state index contributed by atoms with van der Waals surface area (Å²) in [6.07, 6.45) is 0. The number of rotatable bonds is 3. The molecule has 128 valence electrons. The predicted molar refractivity (Wildman–Crippen MR) is 97.6 cm³/mol. The first-order valence-corrected chi connectivity index (χ1v) is 9.15. The van der Waals surface area contributed by atoms with E-state index in [1.165, 1.54) is 11.3 Å².